The zero-order chi connectivity index (χ0) is 18.7. The molecule has 1 amide bonds. The highest BCUT2D eigenvalue weighted by Gasteiger charge is 2.55. The number of anilines is 1. The molecule has 0 saturated heterocycles. The number of amides is 1. The maximum absolute atomic E-state index is 13.5. The molecule has 2 heterocycles. The van der Waals surface area contributed by atoms with Crippen LogP contribution >= 0.6 is 11.6 Å². The monoisotopic (exact) mass is 384 g/mol. The molecule has 1 saturated carbocycles. The lowest BCUT2D eigenvalue weighted by Crippen LogP contribution is -2.25. The number of aromatic nitrogens is 1. The summed E-state index contributed by atoms with van der Waals surface area (Å²) in [5.41, 5.74) is -0.529. The van der Waals surface area contributed by atoms with Crippen molar-refractivity contribution in [1.82, 2.24) is 4.98 Å². The van der Waals surface area contributed by atoms with Gasteiger partial charge in [0, 0.05) is 23.4 Å². The summed E-state index contributed by atoms with van der Waals surface area (Å²) in [6.45, 7) is 1.37. The van der Waals surface area contributed by atoms with E-state index < -0.39 is 23.8 Å². The van der Waals surface area contributed by atoms with Crippen LogP contribution in [-0.4, -0.2) is 22.9 Å². The Bertz CT molecular complexity index is 903. The number of hydrogen-bond acceptors (Lipinski definition) is 4. The van der Waals surface area contributed by atoms with Crippen LogP contribution in [0.4, 0.5) is 19.0 Å². The van der Waals surface area contributed by atoms with Gasteiger partial charge in [-0.2, -0.15) is 0 Å². The quantitative estimate of drug-likeness (QED) is 0.851. The molecule has 4 rings (SSSR count). The molecule has 26 heavy (non-hydrogen) atoms. The first-order chi connectivity index (χ1) is 12.1. The van der Waals surface area contributed by atoms with Crippen LogP contribution in [0.25, 0.3) is 11.1 Å². The van der Waals surface area contributed by atoms with Crippen molar-refractivity contribution in [3.05, 3.63) is 35.5 Å². The SMILES string of the molecule is CC1(F)CC1C(=O)Nc1ccc(-c2cc3c(cc2Cl)OC(F)(F)O3)cn1. The summed E-state index contributed by atoms with van der Waals surface area (Å²) >= 11 is 6.12. The molecule has 1 aromatic carbocycles. The first-order valence-electron chi connectivity index (χ1n) is 7.70. The van der Waals surface area contributed by atoms with E-state index in [9.17, 15) is 18.0 Å². The third-order valence-electron chi connectivity index (χ3n) is 4.30. The maximum Gasteiger partial charge on any atom is 0.586 e. The molecule has 136 valence electrons. The van der Waals surface area contributed by atoms with Gasteiger partial charge in [-0.15, -0.1) is 8.78 Å². The fraction of sp³-hybridized carbons (Fsp3) is 0.294. The number of carbonyl (C=O) groups is 1. The van der Waals surface area contributed by atoms with Crippen LogP contribution in [0, 0.1) is 5.92 Å². The van der Waals surface area contributed by atoms with Gasteiger partial charge in [0.2, 0.25) is 5.91 Å². The summed E-state index contributed by atoms with van der Waals surface area (Å²) in [6.07, 6.45) is -2.13. The van der Waals surface area contributed by atoms with Crippen molar-refractivity contribution in [2.45, 2.75) is 25.3 Å². The molecule has 2 aliphatic rings. The third kappa shape index (κ3) is 3.05. The second kappa shape index (κ2) is 5.51. The molecule has 1 aromatic heterocycles. The minimum atomic E-state index is -3.73. The number of fused-ring (bicyclic) bond motifs is 1. The Kier molecular flexibility index (Phi) is 3.59. The van der Waals surface area contributed by atoms with Crippen molar-refractivity contribution in [1.29, 1.82) is 0 Å². The lowest BCUT2D eigenvalue weighted by molar-refractivity contribution is -0.286. The van der Waals surface area contributed by atoms with Gasteiger partial charge in [-0.3, -0.25) is 4.79 Å². The number of ether oxygens (including phenoxy) is 2. The Balaban J connectivity index is 1.54. The number of nitrogens with one attached hydrogen (secondary N) is 1. The van der Waals surface area contributed by atoms with Gasteiger partial charge in [0.1, 0.15) is 11.5 Å². The Morgan fingerprint density at radius 3 is 2.50 bits per heavy atom. The Hall–Kier alpha value is -2.48. The van der Waals surface area contributed by atoms with Gasteiger partial charge in [-0.1, -0.05) is 11.6 Å². The molecular weight excluding hydrogens is 373 g/mol. The molecule has 0 bridgehead atoms. The number of benzene rings is 1. The Morgan fingerprint density at radius 2 is 1.92 bits per heavy atom. The molecule has 2 unspecified atom stereocenters. The molecule has 1 aliphatic carbocycles. The number of hydrogen-bond donors (Lipinski definition) is 1. The van der Waals surface area contributed by atoms with Gasteiger partial charge in [0.25, 0.3) is 0 Å². The average Bonchev–Trinajstić information content (AvgIpc) is 3.08. The van der Waals surface area contributed by atoms with Crippen molar-refractivity contribution in [2.24, 2.45) is 5.92 Å². The normalized spacial score (nSPS) is 25.0. The number of nitrogens with zero attached hydrogens (tertiary/aromatic N) is 1. The number of halogens is 4. The van der Waals surface area contributed by atoms with Gasteiger partial charge in [0.05, 0.1) is 10.9 Å². The minimum absolute atomic E-state index is 0.136. The lowest BCUT2D eigenvalue weighted by Gasteiger charge is -2.08. The molecule has 5 nitrogen and oxygen atoms in total. The molecule has 1 N–H and O–H groups in total. The first kappa shape index (κ1) is 17.0. The number of alkyl halides is 3. The highest BCUT2D eigenvalue weighted by Crippen LogP contribution is 2.47. The van der Waals surface area contributed by atoms with Gasteiger partial charge in [-0.05, 0) is 31.5 Å². The Morgan fingerprint density at radius 1 is 1.27 bits per heavy atom. The van der Waals surface area contributed by atoms with Crippen molar-refractivity contribution >= 4 is 23.3 Å². The van der Waals surface area contributed by atoms with Crippen molar-refractivity contribution < 1.29 is 27.4 Å². The van der Waals surface area contributed by atoms with E-state index in [1.807, 2.05) is 0 Å². The van der Waals surface area contributed by atoms with Crippen LogP contribution in [-0.2, 0) is 4.79 Å². The van der Waals surface area contributed by atoms with E-state index in [-0.39, 0.29) is 28.8 Å². The van der Waals surface area contributed by atoms with E-state index >= 15 is 0 Å². The van der Waals surface area contributed by atoms with Crippen molar-refractivity contribution in [2.75, 3.05) is 5.32 Å². The van der Waals surface area contributed by atoms with Crippen LogP contribution in [0.2, 0.25) is 5.02 Å². The van der Waals surface area contributed by atoms with Gasteiger partial charge >= 0.3 is 6.29 Å². The van der Waals surface area contributed by atoms with E-state index in [1.165, 1.54) is 31.3 Å². The molecule has 9 heteroatoms. The van der Waals surface area contributed by atoms with Crippen molar-refractivity contribution in [3.63, 3.8) is 0 Å². The number of carbonyl (C=O) groups excluding carboxylic acids is 1. The summed E-state index contributed by atoms with van der Waals surface area (Å²) < 4.78 is 48.6. The van der Waals surface area contributed by atoms with Crippen LogP contribution in [0.1, 0.15) is 13.3 Å². The molecule has 0 spiro atoms. The molecule has 1 aliphatic heterocycles. The summed E-state index contributed by atoms with van der Waals surface area (Å²) in [7, 11) is 0. The first-order valence-corrected chi connectivity index (χ1v) is 8.08. The fourth-order valence-corrected chi connectivity index (χ4v) is 3.00. The summed E-state index contributed by atoms with van der Waals surface area (Å²) in [4.78, 5) is 16.0. The van der Waals surface area contributed by atoms with E-state index in [1.54, 1.807) is 6.07 Å². The summed E-state index contributed by atoms with van der Waals surface area (Å²) in [5, 5.41) is 2.71. The highest BCUT2D eigenvalue weighted by atomic mass is 35.5. The summed E-state index contributed by atoms with van der Waals surface area (Å²) in [5.74, 6) is -1.14. The van der Waals surface area contributed by atoms with E-state index in [0.717, 1.165) is 0 Å². The van der Waals surface area contributed by atoms with Crippen LogP contribution < -0.4 is 14.8 Å². The predicted octanol–water partition coefficient (Wildman–Crippen LogP) is 4.41. The smallest absolute Gasteiger partial charge is 0.395 e. The fourth-order valence-electron chi connectivity index (χ4n) is 2.74. The largest absolute Gasteiger partial charge is 0.586 e. The maximum atomic E-state index is 13.5. The van der Waals surface area contributed by atoms with Gasteiger partial charge < -0.3 is 14.8 Å². The minimum Gasteiger partial charge on any atom is -0.395 e. The van der Waals surface area contributed by atoms with E-state index in [4.69, 9.17) is 11.6 Å². The summed E-state index contributed by atoms with van der Waals surface area (Å²) in [6, 6.07) is 5.68. The van der Waals surface area contributed by atoms with E-state index in [2.05, 4.69) is 19.8 Å². The van der Waals surface area contributed by atoms with Crippen LogP contribution in [0.3, 0.4) is 0 Å². The topological polar surface area (TPSA) is 60.5 Å². The number of rotatable bonds is 3. The molecular formula is C17H12ClF3N2O3. The van der Waals surface area contributed by atoms with Gasteiger partial charge in [-0.25, -0.2) is 9.37 Å². The Labute approximate surface area is 151 Å². The van der Waals surface area contributed by atoms with Crippen molar-refractivity contribution in [3.8, 4) is 22.6 Å². The second-order valence-corrected chi connectivity index (χ2v) is 6.81. The molecule has 1 fully saturated rings. The van der Waals surface area contributed by atoms with Gasteiger partial charge in [0.15, 0.2) is 11.5 Å². The van der Waals surface area contributed by atoms with Crippen LogP contribution in [0.5, 0.6) is 11.5 Å². The predicted molar refractivity (Wildman–Crippen MR) is 87.1 cm³/mol. The molecule has 2 atom stereocenters. The lowest BCUT2D eigenvalue weighted by atomic mass is 10.1. The highest BCUT2D eigenvalue weighted by molar-refractivity contribution is 6.33. The zero-order valence-electron chi connectivity index (χ0n) is 13.4. The number of pyridine rings is 1. The zero-order valence-corrected chi connectivity index (χ0v) is 14.1. The molecule has 2 aromatic rings. The standard InChI is InChI=1S/C17H12ClF3N2O3/c1-16(19)6-10(16)15(24)23-14-3-2-8(7-22-14)9-4-12-13(5-11(9)18)26-17(20,21)25-12/h2-5,7,10H,6H2,1H3,(H,22,23,24). The average molecular weight is 385 g/mol. The molecule has 0 radical (unpaired) electrons. The second-order valence-electron chi connectivity index (χ2n) is 6.40. The third-order valence-corrected chi connectivity index (χ3v) is 4.62. The van der Waals surface area contributed by atoms with Crippen LogP contribution in [0.15, 0.2) is 30.5 Å². The van der Waals surface area contributed by atoms with E-state index in [0.29, 0.717) is 11.1 Å².